The molecular weight excluding hydrogens is 362 g/mol. The lowest BCUT2D eigenvalue weighted by atomic mass is 10.1. The number of hydrogen-bond donors (Lipinski definition) is 2. The van der Waals surface area contributed by atoms with Crippen LogP contribution in [-0.4, -0.2) is 28.4 Å². The SMILES string of the molecule is CC(=O)Nc1cccc(NS(=O)(=O)c2cccc3c(N(C)C)cccc23)c1. The van der Waals surface area contributed by atoms with Gasteiger partial charge in [0.2, 0.25) is 5.91 Å². The van der Waals surface area contributed by atoms with Crippen molar-refractivity contribution in [3.05, 3.63) is 60.7 Å². The van der Waals surface area contributed by atoms with Crippen molar-refractivity contribution < 1.29 is 13.2 Å². The van der Waals surface area contributed by atoms with E-state index in [2.05, 4.69) is 10.0 Å². The van der Waals surface area contributed by atoms with Crippen LogP contribution in [0.4, 0.5) is 17.1 Å². The maximum Gasteiger partial charge on any atom is 0.262 e. The molecule has 0 saturated carbocycles. The first-order valence-electron chi connectivity index (χ1n) is 8.37. The van der Waals surface area contributed by atoms with Gasteiger partial charge in [0.25, 0.3) is 10.0 Å². The molecule has 1 amide bonds. The Morgan fingerprint density at radius 1 is 0.889 bits per heavy atom. The quantitative estimate of drug-likeness (QED) is 0.705. The minimum atomic E-state index is -3.81. The standard InChI is InChI=1S/C20H21N3O3S/c1-14(24)21-15-7-4-8-16(13-15)22-27(25,26)20-12-6-9-17-18(20)10-5-11-19(17)23(2)3/h4-13,22H,1-3H3,(H,21,24). The molecule has 140 valence electrons. The van der Waals surface area contributed by atoms with Gasteiger partial charge in [-0.25, -0.2) is 8.42 Å². The summed E-state index contributed by atoms with van der Waals surface area (Å²) in [7, 11) is 0.0279. The number of nitrogens with one attached hydrogen (secondary N) is 2. The van der Waals surface area contributed by atoms with Crippen molar-refractivity contribution in [3.8, 4) is 0 Å². The molecule has 0 heterocycles. The Labute approximate surface area is 158 Å². The fourth-order valence-electron chi connectivity index (χ4n) is 2.96. The molecule has 3 rings (SSSR count). The van der Waals surface area contributed by atoms with Gasteiger partial charge in [-0.05, 0) is 30.3 Å². The van der Waals surface area contributed by atoms with E-state index in [0.717, 1.165) is 11.1 Å². The highest BCUT2D eigenvalue weighted by molar-refractivity contribution is 7.93. The van der Waals surface area contributed by atoms with Crippen LogP contribution in [-0.2, 0) is 14.8 Å². The number of nitrogens with zero attached hydrogens (tertiary/aromatic N) is 1. The molecule has 0 atom stereocenters. The van der Waals surface area contributed by atoms with Gasteiger partial charge in [0.05, 0.1) is 10.6 Å². The molecule has 0 saturated heterocycles. The summed E-state index contributed by atoms with van der Waals surface area (Å²) in [5.41, 5.74) is 1.84. The van der Waals surface area contributed by atoms with E-state index in [-0.39, 0.29) is 10.8 Å². The molecule has 0 aliphatic heterocycles. The summed E-state index contributed by atoms with van der Waals surface area (Å²) in [5, 5.41) is 4.15. The van der Waals surface area contributed by atoms with Gasteiger partial charge in [0.1, 0.15) is 0 Å². The molecule has 0 aromatic heterocycles. The first kappa shape index (κ1) is 18.7. The Morgan fingerprint density at radius 2 is 1.52 bits per heavy atom. The number of anilines is 3. The van der Waals surface area contributed by atoms with Crippen LogP contribution in [0.5, 0.6) is 0 Å². The zero-order chi connectivity index (χ0) is 19.6. The van der Waals surface area contributed by atoms with Gasteiger partial charge in [0.15, 0.2) is 0 Å². The maximum atomic E-state index is 13.0. The number of sulfonamides is 1. The van der Waals surface area contributed by atoms with Crippen LogP contribution < -0.4 is 14.9 Å². The molecule has 0 spiro atoms. The highest BCUT2D eigenvalue weighted by Gasteiger charge is 2.19. The summed E-state index contributed by atoms with van der Waals surface area (Å²) in [5.74, 6) is -0.222. The highest BCUT2D eigenvalue weighted by Crippen LogP contribution is 2.31. The molecule has 27 heavy (non-hydrogen) atoms. The summed E-state index contributed by atoms with van der Waals surface area (Å²) >= 11 is 0. The zero-order valence-electron chi connectivity index (χ0n) is 15.4. The first-order valence-corrected chi connectivity index (χ1v) is 9.86. The molecule has 7 heteroatoms. The average Bonchev–Trinajstić information content (AvgIpc) is 2.59. The van der Waals surface area contributed by atoms with Crippen molar-refractivity contribution >= 4 is 43.8 Å². The monoisotopic (exact) mass is 383 g/mol. The maximum absolute atomic E-state index is 13.0. The van der Waals surface area contributed by atoms with Gasteiger partial charge in [-0.1, -0.05) is 30.3 Å². The lowest BCUT2D eigenvalue weighted by molar-refractivity contribution is -0.114. The summed E-state index contributed by atoms with van der Waals surface area (Å²) in [6.45, 7) is 1.40. The van der Waals surface area contributed by atoms with E-state index in [1.54, 1.807) is 42.5 Å². The largest absolute Gasteiger partial charge is 0.377 e. The summed E-state index contributed by atoms with van der Waals surface area (Å²) in [4.78, 5) is 13.4. The molecule has 0 bridgehead atoms. The Kier molecular flexibility index (Phi) is 5.05. The Bertz CT molecular complexity index is 1110. The van der Waals surface area contributed by atoms with Gasteiger partial charge < -0.3 is 10.2 Å². The van der Waals surface area contributed by atoms with Crippen LogP contribution in [0.2, 0.25) is 0 Å². The molecule has 2 N–H and O–H groups in total. The van der Waals surface area contributed by atoms with Gasteiger partial charge in [-0.3, -0.25) is 9.52 Å². The van der Waals surface area contributed by atoms with Gasteiger partial charge in [0, 0.05) is 43.2 Å². The Hall–Kier alpha value is -3.06. The smallest absolute Gasteiger partial charge is 0.262 e. The fraction of sp³-hybridized carbons (Fsp3) is 0.150. The number of amides is 1. The molecule has 3 aromatic carbocycles. The van der Waals surface area contributed by atoms with Crippen LogP contribution in [0.3, 0.4) is 0 Å². The van der Waals surface area contributed by atoms with Gasteiger partial charge in [-0.15, -0.1) is 0 Å². The average molecular weight is 383 g/mol. The van der Waals surface area contributed by atoms with E-state index >= 15 is 0 Å². The minimum Gasteiger partial charge on any atom is -0.377 e. The van der Waals surface area contributed by atoms with E-state index in [0.29, 0.717) is 16.8 Å². The van der Waals surface area contributed by atoms with Crippen molar-refractivity contribution in [1.82, 2.24) is 0 Å². The van der Waals surface area contributed by atoms with Crippen molar-refractivity contribution in [1.29, 1.82) is 0 Å². The van der Waals surface area contributed by atoms with E-state index < -0.39 is 10.0 Å². The second kappa shape index (κ2) is 7.28. The summed E-state index contributed by atoms with van der Waals surface area (Å²) in [6, 6.07) is 17.4. The lowest BCUT2D eigenvalue weighted by Crippen LogP contribution is -2.14. The third-order valence-electron chi connectivity index (χ3n) is 4.07. The van der Waals surface area contributed by atoms with Gasteiger partial charge in [-0.2, -0.15) is 0 Å². The predicted molar refractivity (Wildman–Crippen MR) is 110 cm³/mol. The third-order valence-corrected chi connectivity index (χ3v) is 5.50. The van der Waals surface area contributed by atoms with E-state index in [1.807, 2.05) is 37.2 Å². The first-order chi connectivity index (χ1) is 12.8. The topological polar surface area (TPSA) is 78.5 Å². The Balaban J connectivity index is 2.03. The summed E-state index contributed by atoms with van der Waals surface area (Å²) in [6.07, 6.45) is 0. The highest BCUT2D eigenvalue weighted by atomic mass is 32.2. The number of benzene rings is 3. The molecule has 6 nitrogen and oxygen atoms in total. The minimum absolute atomic E-state index is 0.202. The summed E-state index contributed by atoms with van der Waals surface area (Å²) < 4.78 is 28.6. The van der Waals surface area contributed by atoms with E-state index in [4.69, 9.17) is 0 Å². The number of rotatable bonds is 5. The van der Waals surface area contributed by atoms with Gasteiger partial charge >= 0.3 is 0 Å². The molecule has 0 radical (unpaired) electrons. The third kappa shape index (κ3) is 4.03. The number of carbonyl (C=O) groups is 1. The van der Waals surface area contributed by atoms with Crippen molar-refractivity contribution in [2.75, 3.05) is 29.0 Å². The van der Waals surface area contributed by atoms with E-state index in [1.165, 1.54) is 6.92 Å². The van der Waals surface area contributed by atoms with Crippen LogP contribution in [0.1, 0.15) is 6.92 Å². The van der Waals surface area contributed by atoms with Crippen molar-refractivity contribution in [3.63, 3.8) is 0 Å². The molecule has 0 unspecified atom stereocenters. The fourth-order valence-corrected chi connectivity index (χ4v) is 4.24. The zero-order valence-corrected chi connectivity index (χ0v) is 16.2. The second-order valence-electron chi connectivity index (χ2n) is 6.39. The van der Waals surface area contributed by atoms with Crippen LogP contribution in [0, 0.1) is 0 Å². The molecule has 0 aliphatic rings. The lowest BCUT2D eigenvalue weighted by Gasteiger charge is -2.17. The number of carbonyl (C=O) groups excluding carboxylic acids is 1. The van der Waals surface area contributed by atoms with Crippen molar-refractivity contribution in [2.45, 2.75) is 11.8 Å². The van der Waals surface area contributed by atoms with Crippen LogP contribution in [0.15, 0.2) is 65.6 Å². The predicted octanol–water partition coefficient (Wildman–Crippen LogP) is 3.67. The van der Waals surface area contributed by atoms with Crippen LogP contribution >= 0.6 is 0 Å². The van der Waals surface area contributed by atoms with Crippen molar-refractivity contribution in [2.24, 2.45) is 0 Å². The number of hydrogen-bond acceptors (Lipinski definition) is 4. The number of fused-ring (bicyclic) bond motifs is 1. The molecule has 0 aliphatic carbocycles. The Morgan fingerprint density at radius 3 is 2.22 bits per heavy atom. The van der Waals surface area contributed by atoms with Crippen LogP contribution in [0.25, 0.3) is 10.8 Å². The normalized spacial score (nSPS) is 11.2. The molecule has 0 fully saturated rings. The molecular formula is C20H21N3O3S. The second-order valence-corrected chi connectivity index (χ2v) is 8.04. The van der Waals surface area contributed by atoms with E-state index in [9.17, 15) is 13.2 Å². The molecule has 3 aromatic rings.